The van der Waals surface area contributed by atoms with Crippen LogP contribution in [-0.4, -0.2) is 35.0 Å². The third-order valence-corrected chi connectivity index (χ3v) is 0.648. The van der Waals surface area contributed by atoms with Crippen LogP contribution in [-0.2, 0) is 14.3 Å². The summed E-state index contributed by atoms with van der Waals surface area (Å²) in [6.45, 7) is 5.23. The van der Waals surface area contributed by atoms with Gasteiger partial charge in [0.2, 0.25) is 0 Å². The molecule has 0 aliphatic heterocycles. The second-order valence-corrected chi connectivity index (χ2v) is 3.84. The average molecular weight is 284 g/mol. The van der Waals surface area contributed by atoms with Gasteiger partial charge in [0, 0.05) is 0 Å². The minimum Gasteiger partial charge on any atom is -0.391 e. The Labute approximate surface area is 97.5 Å². The van der Waals surface area contributed by atoms with E-state index >= 15 is 0 Å². The van der Waals surface area contributed by atoms with Crippen molar-refractivity contribution in [3.8, 4) is 0 Å². The highest BCUT2D eigenvalue weighted by Crippen LogP contribution is 2.21. The van der Waals surface area contributed by atoms with Gasteiger partial charge in [-0.3, -0.25) is 0 Å². The van der Waals surface area contributed by atoms with E-state index in [4.69, 9.17) is 5.11 Å². The van der Waals surface area contributed by atoms with Crippen LogP contribution in [0.2, 0.25) is 0 Å². The van der Waals surface area contributed by atoms with Gasteiger partial charge < -0.3 is 9.84 Å². The molecule has 0 aromatic rings. The number of aliphatic hydroxyl groups is 1. The molecule has 0 aliphatic carbocycles. The Hall–Kier alpha value is -1.32. The zero-order valence-corrected chi connectivity index (χ0v) is 9.44. The number of rotatable bonds is 0. The smallest absolute Gasteiger partial charge is 0.391 e. The van der Waals surface area contributed by atoms with Gasteiger partial charge in [-0.25, -0.2) is 9.59 Å². The van der Waals surface area contributed by atoms with Gasteiger partial charge in [-0.15, -0.1) is 0 Å². The van der Waals surface area contributed by atoms with E-state index in [0.29, 0.717) is 0 Å². The summed E-state index contributed by atoms with van der Waals surface area (Å²) >= 11 is 0. The van der Waals surface area contributed by atoms with Gasteiger partial charge in [-0.05, 0) is 20.8 Å². The zero-order valence-electron chi connectivity index (χ0n) is 9.44. The lowest BCUT2D eigenvalue weighted by Crippen LogP contribution is -2.34. The van der Waals surface area contributed by atoms with Crippen molar-refractivity contribution < 1.29 is 45.8 Å². The van der Waals surface area contributed by atoms with E-state index in [-0.39, 0.29) is 0 Å². The Kier molecular flexibility index (Phi) is 6.37. The number of halogens is 6. The molecule has 108 valence electrons. The Balaban J connectivity index is 0. The van der Waals surface area contributed by atoms with Gasteiger partial charge in [0.15, 0.2) is 0 Å². The summed E-state index contributed by atoms with van der Waals surface area (Å²) in [5.41, 5.74) is -0.500. The van der Waals surface area contributed by atoms with Gasteiger partial charge in [0.25, 0.3) is 0 Å². The van der Waals surface area contributed by atoms with Crippen LogP contribution in [0.25, 0.3) is 0 Å². The van der Waals surface area contributed by atoms with Gasteiger partial charge in [0.05, 0.1) is 5.60 Å². The molecule has 1 N–H and O–H groups in total. The lowest BCUT2D eigenvalue weighted by molar-refractivity contribution is -0.221. The number of esters is 2. The summed E-state index contributed by atoms with van der Waals surface area (Å²) in [4.78, 5) is 19.3. The first-order valence-corrected chi connectivity index (χ1v) is 4.17. The van der Waals surface area contributed by atoms with E-state index in [1.807, 2.05) is 0 Å². The molecule has 0 bridgehead atoms. The van der Waals surface area contributed by atoms with Crippen molar-refractivity contribution in [2.75, 3.05) is 0 Å². The molecule has 0 aliphatic rings. The monoisotopic (exact) mass is 284 g/mol. The SMILES string of the molecule is CC(C)(C)O.O=C(OC(=O)C(F)(F)F)C(F)(F)F. The highest BCUT2D eigenvalue weighted by Gasteiger charge is 2.49. The summed E-state index contributed by atoms with van der Waals surface area (Å²) in [6, 6.07) is 0. The molecule has 0 atom stereocenters. The topological polar surface area (TPSA) is 63.6 Å². The summed E-state index contributed by atoms with van der Waals surface area (Å²) in [5.74, 6) is -6.40. The van der Waals surface area contributed by atoms with Gasteiger partial charge in [-0.1, -0.05) is 0 Å². The molecule has 4 nitrogen and oxygen atoms in total. The lowest BCUT2D eigenvalue weighted by atomic mass is 10.2. The third-order valence-electron chi connectivity index (χ3n) is 0.648. The second kappa shape index (κ2) is 6.03. The molecule has 0 saturated heterocycles. The fourth-order valence-corrected chi connectivity index (χ4v) is 0.200. The molecule has 0 aromatic carbocycles. The van der Waals surface area contributed by atoms with E-state index in [2.05, 4.69) is 4.74 Å². The number of ether oxygens (including phenoxy) is 1. The first-order chi connectivity index (χ1) is 7.55. The summed E-state index contributed by atoms with van der Waals surface area (Å²) in [6.07, 6.45) is -11.2. The molecule has 0 aromatic heterocycles. The maximum atomic E-state index is 11.2. The quantitative estimate of drug-likeness (QED) is 0.419. The molecule has 0 saturated carbocycles. The van der Waals surface area contributed by atoms with Crippen LogP contribution in [0.5, 0.6) is 0 Å². The van der Waals surface area contributed by atoms with E-state index in [1.165, 1.54) is 0 Å². The first-order valence-electron chi connectivity index (χ1n) is 4.17. The minimum atomic E-state index is -5.62. The van der Waals surface area contributed by atoms with Crippen LogP contribution in [0.4, 0.5) is 26.3 Å². The van der Waals surface area contributed by atoms with Crippen molar-refractivity contribution in [1.29, 1.82) is 0 Å². The third kappa shape index (κ3) is 12.7. The first kappa shape index (κ1) is 19.0. The Bertz CT molecular complexity index is 268. The average Bonchev–Trinajstić information content (AvgIpc) is 1.96. The highest BCUT2D eigenvalue weighted by atomic mass is 19.4. The van der Waals surface area contributed by atoms with Crippen molar-refractivity contribution in [3.05, 3.63) is 0 Å². The molecule has 0 heterocycles. The van der Waals surface area contributed by atoms with Crippen molar-refractivity contribution in [3.63, 3.8) is 0 Å². The number of carbonyl (C=O) groups excluding carboxylic acids is 2. The van der Waals surface area contributed by atoms with Crippen molar-refractivity contribution in [2.45, 2.75) is 38.7 Å². The number of carbonyl (C=O) groups is 2. The van der Waals surface area contributed by atoms with Crippen molar-refractivity contribution in [2.24, 2.45) is 0 Å². The predicted octanol–water partition coefficient (Wildman–Crippen LogP) is 1.96. The van der Waals surface area contributed by atoms with Crippen LogP contribution in [0.15, 0.2) is 0 Å². The molecular weight excluding hydrogens is 274 g/mol. The maximum Gasteiger partial charge on any atom is 0.491 e. The molecule has 0 unspecified atom stereocenters. The van der Waals surface area contributed by atoms with Gasteiger partial charge >= 0.3 is 24.3 Å². The van der Waals surface area contributed by atoms with Crippen LogP contribution >= 0.6 is 0 Å². The number of hydrogen-bond donors (Lipinski definition) is 1. The Morgan fingerprint density at radius 3 is 1.11 bits per heavy atom. The number of hydrogen-bond acceptors (Lipinski definition) is 4. The van der Waals surface area contributed by atoms with E-state index in [9.17, 15) is 35.9 Å². The molecular formula is C8H10F6O4. The molecule has 0 spiro atoms. The lowest BCUT2D eigenvalue weighted by Gasteiger charge is -2.06. The van der Waals surface area contributed by atoms with E-state index < -0.39 is 29.9 Å². The van der Waals surface area contributed by atoms with Crippen molar-refractivity contribution >= 4 is 11.9 Å². The van der Waals surface area contributed by atoms with Crippen LogP contribution < -0.4 is 0 Å². The predicted molar refractivity (Wildman–Crippen MR) is 45.2 cm³/mol. The van der Waals surface area contributed by atoms with Gasteiger partial charge in [0.1, 0.15) is 0 Å². The van der Waals surface area contributed by atoms with Gasteiger partial charge in [-0.2, -0.15) is 26.3 Å². The minimum absolute atomic E-state index is 0.500. The standard InChI is InChI=1S/C4F6O3.C4H10O/c5-3(6,7)1(11)13-2(12)4(8,9)10;1-4(2,3)5/h;5H,1-3H3. The molecule has 10 heteroatoms. The summed E-state index contributed by atoms with van der Waals surface area (Å²) < 4.78 is 69.7. The fourth-order valence-electron chi connectivity index (χ4n) is 0.200. The number of alkyl halides is 6. The van der Waals surface area contributed by atoms with Crippen molar-refractivity contribution in [1.82, 2.24) is 0 Å². The maximum absolute atomic E-state index is 11.2. The molecule has 0 radical (unpaired) electrons. The second-order valence-electron chi connectivity index (χ2n) is 3.84. The molecule has 0 fully saturated rings. The zero-order chi connectivity index (χ0) is 15.4. The normalized spacial score (nSPS) is 12.3. The largest absolute Gasteiger partial charge is 0.491 e. The Morgan fingerprint density at radius 2 is 1.00 bits per heavy atom. The summed E-state index contributed by atoms with van der Waals surface area (Å²) in [7, 11) is 0. The van der Waals surface area contributed by atoms with E-state index in [0.717, 1.165) is 0 Å². The van der Waals surface area contributed by atoms with Crippen LogP contribution in [0, 0.1) is 0 Å². The summed E-state index contributed by atoms with van der Waals surface area (Å²) in [5, 5.41) is 8.52. The molecule has 0 rings (SSSR count). The highest BCUT2D eigenvalue weighted by molar-refractivity contribution is 5.90. The fraction of sp³-hybridized carbons (Fsp3) is 0.750. The van der Waals surface area contributed by atoms with Crippen LogP contribution in [0.3, 0.4) is 0 Å². The van der Waals surface area contributed by atoms with Crippen LogP contribution in [0.1, 0.15) is 20.8 Å². The Morgan fingerprint density at radius 1 is 0.833 bits per heavy atom. The molecule has 18 heavy (non-hydrogen) atoms. The van der Waals surface area contributed by atoms with E-state index in [1.54, 1.807) is 20.8 Å². The molecule has 0 amide bonds.